The van der Waals surface area contributed by atoms with E-state index in [1.807, 2.05) is 79.0 Å². The number of esters is 1. The molecule has 6 aromatic rings. The van der Waals surface area contributed by atoms with Gasteiger partial charge in [-0.2, -0.15) is 5.10 Å². The fourth-order valence-electron chi connectivity index (χ4n) is 4.34. The molecule has 2 aromatic carbocycles. The number of Topliss-reactive ketones (excluding diaryl/α,β-unsaturated/α-hetero) is 1. The number of aromatic nitrogens is 4. The van der Waals surface area contributed by atoms with Gasteiger partial charge in [0, 0.05) is 22.7 Å². The van der Waals surface area contributed by atoms with E-state index in [9.17, 15) is 9.59 Å². The van der Waals surface area contributed by atoms with Crippen LogP contribution in [0.1, 0.15) is 26.4 Å². The van der Waals surface area contributed by atoms with Crippen molar-refractivity contribution in [2.24, 2.45) is 0 Å². The van der Waals surface area contributed by atoms with Crippen LogP contribution in [0.3, 0.4) is 0 Å². The van der Waals surface area contributed by atoms with Gasteiger partial charge < -0.3 is 9.72 Å². The summed E-state index contributed by atoms with van der Waals surface area (Å²) in [4.78, 5) is 35.1. The minimum absolute atomic E-state index is 0.277. The van der Waals surface area contributed by atoms with Crippen molar-refractivity contribution in [2.45, 2.75) is 6.92 Å². The molecular formula is C28H20N4O3S. The maximum Gasteiger partial charge on any atom is 0.339 e. The molecule has 0 radical (unpaired) electrons. The Balaban J connectivity index is 1.39. The zero-order chi connectivity index (χ0) is 24.6. The fraction of sp³-hybridized carbons (Fsp3) is 0.0714. The van der Waals surface area contributed by atoms with Crippen LogP contribution < -0.4 is 0 Å². The molecule has 4 aromatic heterocycles. The number of benzene rings is 2. The summed E-state index contributed by atoms with van der Waals surface area (Å²) in [6, 6.07) is 22.8. The van der Waals surface area contributed by atoms with E-state index >= 15 is 0 Å². The van der Waals surface area contributed by atoms with Crippen molar-refractivity contribution < 1.29 is 14.3 Å². The number of H-pyrrole nitrogens is 1. The van der Waals surface area contributed by atoms with Crippen molar-refractivity contribution in [2.75, 3.05) is 6.61 Å². The highest BCUT2D eigenvalue weighted by Gasteiger charge is 2.23. The Hall–Kier alpha value is -4.56. The van der Waals surface area contributed by atoms with Gasteiger partial charge in [-0.25, -0.2) is 14.5 Å². The first-order valence-electron chi connectivity index (χ1n) is 11.4. The normalized spacial score (nSPS) is 11.2. The first-order chi connectivity index (χ1) is 17.6. The van der Waals surface area contributed by atoms with Crippen molar-refractivity contribution >= 4 is 45.0 Å². The monoisotopic (exact) mass is 492 g/mol. The summed E-state index contributed by atoms with van der Waals surface area (Å²) < 4.78 is 7.28. The predicted molar refractivity (Wildman–Crippen MR) is 140 cm³/mol. The maximum atomic E-state index is 13.4. The average molecular weight is 493 g/mol. The number of carbonyl (C=O) groups is 2. The van der Waals surface area contributed by atoms with Gasteiger partial charge in [-0.1, -0.05) is 42.5 Å². The molecule has 0 aliphatic rings. The van der Waals surface area contributed by atoms with E-state index in [0.717, 1.165) is 21.5 Å². The topological polar surface area (TPSA) is 89.9 Å². The maximum absolute atomic E-state index is 13.4. The van der Waals surface area contributed by atoms with E-state index in [-0.39, 0.29) is 12.4 Å². The number of fused-ring (bicyclic) bond motifs is 2. The van der Waals surface area contributed by atoms with Crippen LogP contribution in [0.2, 0.25) is 0 Å². The molecule has 0 aliphatic heterocycles. The van der Waals surface area contributed by atoms with Crippen LogP contribution in [0.25, 0.3) is 38.2 Å². The Morgan fingerprint density at radius 3 is 2.61 bits per heavy atom. The van der Waals surface area contributed by atoms with E-state index in [2.05, 4.69) is 10.1 Å². The van der Waals surface area contributed by atoms with Crippen LogP contribution in [0, 0.1) is 6.92 Å². The molecule has 0 bridgehead atoms. The standard InChI is InChI=1S/C28H20N4O3S/c1-17-26-20(28(34)35-16-24(33)21-15-29-22-11-6-5-10-19(21)22)14-23(25-12-7-13-36-25)30-27(26)32(31-17)18-8-3-2-4-9-18/h2-15,29H,16H2,1H3. The van der Waals surface area contributed by atoms with Crippen LogP contribution >= 0.6 is 11.3 Å². The molecule has 36 heavy (non-hydrogen) atoms. The smallest absolute Gasteiger partial charge is 0.339 e. The predicted octanol–water partition coefficient (Wildman–Crippen LogP) is 5.98. The summed E-state index contributed by atoms with van der Waals surface area (Å²) >= 11 is 1.53. The average Bonchev–Trinajstić information content (AvgIpc) is 3.66. The van der Waals surface area contributed by atoms with Gasteiger partial charge in [-0.15, -0.1) is 11.3 Å². The summed E-state index contributed by atoms with van der Waals surface area (Å²) in [5, 5.41) is 8.03. The zero-order valence-corrected chi connectivity index (χ0v) is 20.1. The third-order valence-electron chi connectivity index (χ3n) is 6.03. The summed E-state index contributed by atoms with van der Waals surface area (Å²) in [6.45, 7) is 1.47. The minimum Gasteiger partial charge on any atom is -0.454 e. The molecule has 1 N–H and O–H groups in total. The Morgan fingerprint density at radius 1 is 1.00 bits per heavy atom. The molecule has 0 atom stereocenters. The number of rotatable bonds is 6. The molecule has 0 saturated carbocycles. The molecule has 0 saturated heterocycles. The van der Waals surface area contributed by atoms with Gasteiger partial charge in [0.15, 0.2) is 12.3 Å². The molecular weight excluding hydrogens is 472 g/mol. The fourth-order valence-corrected chi connectivity index (χ4v) is 5.02. The number of thiophene rings is 1. The second kappa shape index (κ2) is 8.90. The Morgan fingerprint density at radius 2 is 1.81 bits per heavy atom. The lowest BCUT2D eigenvalue weighted by molar-refractivity contribution is 0.0477. The van der Waals surface area contributed by atoms with E-state index in [0.29, 0.717) is 33.5 Å². The SMILES string of the molecule is Cc1nn(-c2ccccc2)c2nc(-c3cccs3)cc(C(=O)OCC(=O)c3c[nH]c4ccccc34)c12. The Bertz CT molecular complexity index is 1730. The lowest BCUT2D eigenvalue weighted by Crippen LogP contribution is -2.15. The second-order valence-corrected chi connectivity index (χ2v) is 9.26. The van der Waals surface area contributed by atoms with E-state index in [4.69, 9.17) is 9.72 Å². The van der Waals surface area contributed by atoms with Crippen molar-refractivity contribution in [3.8, 4) is 16.3 Å². The number of pyridine rings is 1. The second-order valence-electron chi connectivity index (χ2n) is 8.31. The first kappa shape index (κ1) is 21.9. The van der Waals surface area contributed by atoms with Crippen LogP contribution in [-0.4, -0.2) is 38.1 Å². The molecule has 6 rings (SSSR count). The molecule has 7 nitrogen and oxygen atoms in total. The number of carbonyl (C=O) groups excluding carboxylic acids is 2. The van der Waals surface area contributed by atoms with E-state index in [1.54, 1.807) is 16.9 Å². The minimum atomic E-state index is -0.593. The van der Waals surface area contributed by atoms with Crippen LogP contribution in [0.5, 0.6) is 0 Å². The molecule has 0 unspecified atom stereocenters. The van der Waals surface area contributed by atoms with Gasteiger partial charge in [0.25, 0.3) is 0 Å². The molecule has 8 heteroatoms. The number of aromatic amines is 1. The molecule has 176 valence electrons. The van der Waals surface area contributed by atoms with Gasteiger partial charge in [-0.05, 0) is 42.6 Å². The van der Waals surface area contributed by atoms with Crippen molar-refractivity contribution in [1.29, 1.82) is 0 Å². The summed E-state index contributed by atoms with van der Waals surface area (Å²) in [7, 11) is 0. The van der Waals surface area contributed by atoms with Crippen molar-refractivity contribution in [3.05, 3.63) is 101 Å². The molecule has 0 amide bonds. The lowest BCUT2D eigenvalue weighted by Gasteiger charge is -2.09. The zero-order valence-electron chi connectivity index (χ0n) is 19.3. The highest BCUT2D eigenvalue weighted by molar-refractivity contribution is 7.13. The lowest BCUT2D eigenvalue weighted by atomic mass is 10.1. The Kier molecular flexibility index (Phi) is 5.42. The number of nitrogens with zero attached hydrogens (tertiary/aromatic N) is 3. The number of para-hydroxylation sites is 2. The largest absolute Gasteiger partial charge is 0.454 e. The summed E-state index contributed by atoms with van der Waals surface area (Å²) in [5.74, 6) is -0.870. The highest BCUT2D eigenvalue weighted by atomic mass is 32.1. The third kappa shape index (κ3) is 3.77. The van der Waals surface area contributed by atoms with Crippen LogP contribution in [0.15, 0.2) is 84.4 Å². The third-order valence-corrected chi connectivity index (χ3v) is 6.92. The summed E-state index contributed by atoms with van der Waals surface area (Å²) in [6.07, 6.45) is 1.65. The quantitative estimate of drug-likeness (QED) is 0.228. The number of aryl methyl sites for hydroxylation is 1. The molecule has 0 aliphatic carbocycles. The van der Waals surface area contributed by atoms with E-state index in [1.165, 1.54) is 11.3 Å². The molecule has 4 heterocycles. The highest BCUT2D eigenvalue weighted by Crippen LogP contribution is 2.31. The molecule has 0 spiro atoms. The van der Waals surface area contributed by atoms with Crippen molar-refractivity contribution in [1.82, 2.24) is 19.7 Å². The summed E-state index contributed by atoms with van der Waals surface area (Å²) in [5.41, 5.74) is 4.35. The van der Waals surface area contributed by atoms with Crippen LogP contribution in [0.4, 0.5) is 0 Å². The first-order valence-corrected chi connectivity index (χ1v) is 12.2. The number of nitrogens with one attached hydrogen (secondary N) is 1. The number of ketones is 1. The van der Waals surface area contributed by atoms with Gasteiger partial charge >= 0.3 is 5.97 Å². The number of hydrogen-bond acceptors (Lipinski definition) is 6. The van der Waals surface area contributed by atoms with Crippen LogP contribution in [-0.2, 0) is 4.74 Å². The number of hydrogen-bond donors (Lipinski definition) is 1. The van der Waals surface area contributed by atoms with Gasteiger partial charge in [0.05, 0.1) is 32.9 Å². The van der Waals surface area contributed by atoms with Gasteiger partial charge in [0.2, 0.25) is 5.78 Å². The number of ether oxygens (including phenoxy) is 1. The van der Waals surface area contributed by atoms with Gasteiger partial charge in [-0.3, -0.25) is 4.79 Å². The molecule has 0 fully saturated rings. The van der Waals surface area contributed by atoms with Gasteiger partial charge in [0.1, 0.15) is 0 Å². The van der Waals surface area contributed by atoms with E-state index < -0.39 is 5.97 Å². The van der Waals surface area contributed by atoms with Crippen molar-refractivity contribution in [3.63, 3.8) is 0 Å². The Labute approximate surface area is 210 Å².